The summed E-state index contributed by atoms with van der Waals surface area (Å²) in [5.41, 5.74) is 0. The van der Waals surface area contributed by atoms with E-state index >= 15 is 0 Å². The first-order valence-electron chi connectivity index (χ1n) is 6.47. The van der Waals surface area contributed by atoms with Crippen molar-refractivity contribution in [3.63, 3.8) is 0 Å². The van der Waals surface area contributed by atoms with Crippen LogP contribution in [0.1, 0.15) is 38.4 Å². The second kappa shape index (κ2) is 6.66. The van der Waals surface area contributed by atoms with E-state index in [-0.39, 0.29) is 0 Å². The number of rotatable bonds is 6. The van der Waals surface area contributed by atoms with Gasteiger partial charge in [-0.05, 0) is 42.7 Å². The van der Waals surface area contributed by atoms with Crippen molar-refractivity contribution >= 4 is 0 Å². The van der Waals surface area contributed by atoms with Crippen molar-refractivity contribution < 1.29 is 4.74 Å². The molecule has 1 fully saturated rings. The molecule has 2 heterocycles. The molecule has 0 amide bonds. The normalized spacial score (nSPS) is 20.6. The Labute approximate surface area is 102 Å². The van der Waals surface area contributed by atoms with Gasteiger partial charge in [-0.1, -0.05) is 6.92 Å². The van der Waals surface area contributed by atoms with Crippen molar-refractivity contribution in [3.05, 3.63) is 5.82 Å². The van der Waals surface area contributed by atoms with Gasteiger partial charge in [-0.25, -0.2) is 4.68 Å². The number of nitrogens with one attached hydrogen (secondary N) is 1. The first-order chi connectivity index (χ1) is 8.40. The van der Waals surface area contributed by atoms with E-state index in [1.807, 2.05) is 4.68 Å². The number of tetrazole rings is 1. The molecule has 1 atom stereocenters. The second-order valence-electron chi connectivity index (χ2n) is 4.38. The molecule has 1 saturated heterocycles. The lowest BCUT2D eigenvalue weighted by Crippen LogP contribution is -2.23. The molecule has 1 aromatic heterocycles. The van der Waals surface area contributed by atoms with Crippen molar-refractivity contribution in [2.75, 3.05) is 13.2 Å². The Hall–Kier alpha value is -1.01. The molecular weight excluding hydrogens is 218 g/mol. The number of hydrogen-bond acceptors (Lipinski definition) is 5. The van der Waals surface area contributed by atoms with E-state index in [0.29, 0.717) is 6.10 Å². The van der Waals surface area contributed by atoms with Gasteiger partial charge in [0.2, 0.25) is 0 Å². The van der Waals surface area contributed by atoms with Crippen LogP contribution in [0.2, 0.25) is 0 Å². The third-order valence-corrected chi connectivity index (χ3v) is 3.08. The van der Waals surface area contributed by atoms with Gasteiger partial charge in [-0.15, -0.1) is 5.10 Å². The minimum absolute atomic E-state index is 0.389. The van der Waals surface area contributed by atoms with Gasteiger partial charge in [-0.2, -0.15) is 0 Å². The lowest BCUT2D eigenvalue weighted by molar-refractivity contribution is 0.00806. The van der Waals surface area contributed by atoms with E-state index in [1.165, 1.54) is 19.3 Å². The second-order valence-corrected chi connectivity index (χ2v) is 4.38. The highest BCUT2D eigenvalue weighted by Crippen LogP contribution is 2.16. The summed E-state index contributed by atoms with van der Waals surface area (Å²) in [5, 5.41) is 15.0. The summed E-state index contributed by atoms with van der Waals surface area (Å²) < 4.78 is 7.58. The highest BCUT2D eigenvalue weighted by Gasteiger charge is 2.14. The molecule has 0 saturated carbocycles. The summed E-state index contributed by atoms with van der Waals surface area (Å²) >= 11 is 0. The summed E-state index contributed by atoms with van der Waals surface area (Å²) in [4.78, 5) is 0. The number of nitrogens with zero attached hydrogens (tertiary/aromatic N) is 4. The van der Waals surface area contributed by atoms with Crippen LogP contribution in [-0.2, 0) is 17.8 Å². The summed E-state index contributed by atoms with van der Waals surface area (Å²) in [6.45, 7) is 5.49. The van der Waals surface area contributed by atoms with E-state index in [4.69, 9.17) is 4.74 Å². The summed E-state index contributed by atoms with van der Waals surface area (Å²) in [5.74, 6) is 0.905. The SMILES string of the molecule is CCNCc1nnnn1CCC1CCCCO1. The molecular formula is C11H21N5O. The molecule has 1 aromatic rings. The van der Waals surface area contributed by atoms with Gasteiger partial charge in [0.25, 0.3) is 0 Å². The zero-order valence-electron chi connectivity index (χ0n) is 10.4. The predicted molar refractivity (Wildman–Crippen MR) is 63.4 cm³/mol. The Balaban J connectivity index is 1.79. The minimum atomic E-state index is 0.389. The van der Waals surface area contributed by atoms with Crippen LogP contribution in [0.25, 0.3) is 0 Å². The van der Waals surface area contributed by atoms with Crippen molar-refractivity contribution in [2.45, 2.75) is 51.8 Å². The maximum absolute atomic E-state index is 5.70. The molecule has 0 aromatic carbocycles. The van der Waals surface area contributed by atoms with E-state index in [0.717, 1.165) is 38.5 Å². The van der Waals surface area contributed by atoms with E-state index in [1.54, 1.807) is 0 Å². The van der Waals surface area contributed by atoms with Crippen molar-refractivity contribution in [1.82, 2.24) is 25.5 Å². The highest BCUT2D eigenvalue weighted by molar-refractivity contribution is 4.80. The molecule has 0 radical (unpaired) electrons. The van der Waals surface area contributed by atoms with Crippen LogP contribution >= 0.6 is 0 Å². The molecule has 17 heavy (non-hydrogen) atoms. The molecule has 1 aliphatic heterocycles. The first kappa shape index (κ1) is 12.4. The van der Waals surface area contributed by atoms with Crippen LogP contribution in [0.5, 0.6) is 0 Å². The van der Waals surface area contributed by atoms with Crippen molar-refractivity contribution in [2.24, 2.45) is 0 Å². The van der Waals surface area contributed by atoms with Gasteiger partial charge in [-0.3, -0.25) is 0 Å². The lowest BCUT2D eigenvalue weighted by atomic mass is 10.1. The summed E-state index contributed by atoms with van der Waals surface area (Å²) in [6.07, 6.45) is 5.05. The van der Waals surface area contributed by atoms with Crippen molar-refractivity contribution in [1.29, 1.82) is 0 Å². The van der Waals surface area contributed by atoms with Crippen LogP contribution in [0.3, 0.4) is 0 Å². The highest BCUT2D eigenvalue weighted by atomic mass is 16.5. The van der Waals surface area contributed by atoms with Crippen LogP contribution in [0, 0.1) is 0 Å². The number of aromatic nitrogens is 4. The van der Waals surface area contributed by atoms with Crippen LogP contribution in [0.4, 0.5) is 0 Å². The average Bonchev–Trinajstić information content (AvgIpc) is 2.82. The Kier molecular flexibility index (Phi) is 4.88. The third kappa shape index (κ3) is 3.74. The monoisotopic (exact) mass is 239 g/mol. The number of hydrogen-bond donors (Lipinski definition) is 1. The van der Waals surface area contributed by atoms with Crippen molar-refractivity contribution in [3.8, 4) is 0 Å². The fourth-order valence-corrected chi connectivity index (χ4v) is 2.06. The maximum atomic E-state index is 5.70. The zero-order chi connectivity index (χ0) is 11.9. The molecule has 1 unspecified atom stereocenters. The molecule has 1 aliphatic rings. The maximum Gasteiger partial charge on any atom is 0.165 e. The van der Waals surface area contributed by atoms with Gasteiger partial charge in [0, 0.05) is 13.2 Å². The molecule has 6 heteroatoms. The Bertz CT molecular complexity index is 321. The molecule has 0 bridgehead atoms. The zero-order valence-corrected chi connectivity index (χ0v) is 10.4. The van der Waals surface area contributed by atoms with Gasteiger partial charge < -0.3 is 10.1 Å². The van der Waals surface area contributed by atoms with Gasteiger partial charge in [0.05, 0.1) is 12.6 Å². The summed E-state index contributed by atoms with van der Waals surface area (Å²) in [6, 6.07) is 0. The van der Waals surface area contributed by atoms with Crippen LogP contribution in [0.15, 0.2) is 0 Å². The summed E-state index contributed by atoms with van der Waals surface area (Å²) in [7, 11) is 0. The van der Waals surface area contributed by atoms with Gasteiger partial charge in [0.1, 0.15) is 0 Å². The fourth-order valence-electron chi connectivity index (χ4n) is 2.06. The molecule has 0 spiro atoms. The number of aryl methyl sites for hydroxylation is 1. The first-order valence-corrected chi connectivity index (χ1v) is 6.47. The minimum Gasteiger partial charge on any atom is -0.378 e. The van der Waals surface area contributed by atoms with Gasteiger partial charge >= 0.3 is 0 Å². The molecule has 2 rings (SSSR count). The fraction of sp³-hybridized carbons (Fsp3) is 0.909. The van der Waals surface area contributed by atoms with Crippen LogP contribution < -0.4 is 5.32 Å². The molecule has 6 nitrogen and oxygen atoms in total. The Morgan fingerprint density at radius 2 is 2.41 bits per heavy atom. The average molecular weight is 239 g/mol. The number of ether oxygens (including phenoxy) is 1. The molecule has 0 aliphatic carbocycles. The predicted octanol–water partition coefficient (Wildman–Crippen LogP) is 0.742. The third-order valence-electron chi connectivity index (χ3n) is 3.08. The molecule has 96 valence electrons. The Morgan fingerprint density at radius 1 is 1.47 bits per heavy atom. The topological polar surface area (TPSA) is 64.9 Å². The quantitative estimate of drug-likeness (QED) is 0.793. The van der Waals surface area contributed by atoms with Crippen LogP contribution in [-0.4, -0.2) is 39.5 Å². The van der Waals surface area contributed by atoms with E-state index < -0.39 is 0 Å². The standard InChI is InChI=1S/C11H21N5O/c1-2-12-9-11-13-14-15-16(11)7-6-10-5-3-4-8-17-10/h10,12H,2-9H2,1H3. The lowest BCUT2D eigenvalue weighted by Gasteiger charge is -2.22. The Morgan fingerprint density at radius 3 is 3.18 bits per heavy atom. The van der Waals surface area contributed by atoms with Gasteiger partial charge in [0.15, 0.2) is 5.82 Å². The largest absolute Gasteiger partial charge is 0.378 e. The smallest absolute Gasteiger partial charge is 0.165 e. The van der Waals surface area contributed by atoms with E-state index in [2.05, 4.69) is 27.8 Å². The molecule has 1 N–H and O–H groups in total. The van der Waals surface area contributed by atoms with E-state index in [9.17, 15) is 0 Å².